The van der Waals surface area contributed by atoms with E-state index in [0.717, 1.165) is 10.5 Å². The van der Waals surface area contributed by atoms with Crippen LogP contribution in [0.1, 0.15) is 5.01 Å². The highest BCUT2D eigenvalue weighted by Gasteiger charge is 2.02. The average molecular weight is 345 g/mol. The van der Waals surface area contributed by atoms with Crippen LogP contribution < -0.4 is 11.1 Å². The summed E-state index contributed by atoms with van der Waals surface area (Å²) < 4.78 is 6.09. The Balaban J connectivity index is 0.00000180. The number of rotatable bonds is 5. The summed E-state index contributed by atoms with van der Waals surface area (Å²) in [5, 5.41) is 3.93. The molecule has 0 bridgehead atoms. The van der Waals surface area contributed by atoms with Crippen molar-refractivity contribution in [3.05, 3.63) is 29.3 Å². The van der Waals surface area contributed by atoms with Crippen molar-refractivity contribution in [2.45, 2.75) is 6.54 Å². The summed E-state index contributed by atoms with van der Waals surface area (Å²) in [5.41, 5.74) is 6.73. The lowest BCUT2D eigenvalue weighted by Gasteiger charge is -2.03. The molecule has 104 valence electrons. The Hall–Kier alpha value is -1.18. The summed E-state index contributed by atoms with van der Waals surface area (Å²) >= 11 is 1.64. The fourth-order valence-electron chi connectivity index (χ4n) is 1.48. The Morgan fingerprint density at radius 3 is 3.00 bits per heavy atom. The van der Waals surface area contributed by atoms with Crippen molar-refractivity contribution in [2.24, 2.45) is 10.7 Å². The van der Waals surface area contributed by atoms with E-state index >= 15 is 0 Å². The van der Waals surface area contributed by atoms with Crippen LogP contribution in [-0.4, -0.2) is 31.2 Å². The molecule has 0 fully saturated rings. The molecule has 1 heterocycles. The number of thiazole rings is 1. The predicted molar refractivity (Wildman–Crippen MR) is 85.1 cm³/mol. The van der Waals surface area contributed by atoms with Gasteiger partial charge >= 0.3 is 0 Å². The van der Waals surface area contributed by atoms with Crippen LogP contribution >= 0.6 is 28.3 Å². The maximum atomic E-state index is 5.72. The summed E-state index contributed by atoms with van der Waals surface area (Å²) in [6.07, 6.45) is 0. The number of hydrogen-bond acceptors (Lipinski definition) is 4. The van der Waals surface area contributed by atoms with Gasteiger partial charge in [0.15, 0.2) is 5.96 Å². The molecular formula is C12H17BrN4OS. The number of halogens is 1. The molecule has 1 aromatic carbocycles. The molecule has 1 aromatic heterocycles. The molecule has 0 amide bonds. The Morgan fingerprint density at radius 2 is 2.26 bits per heavy atom. The van der Waals surface area contributed by atoms with Gasteiger partial charge in [0, 0.05) is 13.7 Å². The second kappa shape index (κ2) is 8.08. The summed E-state index contributed by atoms with van der Waals surface area (Å²) in [7, 11) is 1.65. The lowest BCUT2D eigenvalue weighted by atomic mass is 10.3. The largest absolute Gasteiger partial charge is 0.383 e. The first-order valence-electron chi connectivity index (χ1n) is 5.67. The highest BCUT2D eigenvalue weighted by Crippen LogP contribution is 2.21. The number of nitrogens with zero attached hydrogens (tertiary/aromatic N) is 2. The quantitative estimate of drug-likeness (QED) is 0.493. The Bertz CT molecular complexity index is 510. The number of methoxy groups -OCH3 is 1. The van der Waals surface area contributed by atoms with Gasteiger partial charge in [-0.15, -0.1) is 28.3 Å². The molecular weight excluding hydrogens is 328 g/mol. The normalized spacial score (nSPS) is 11.3. The maximum Gasteiger partial charge on any atom is 0.189 e. The van der Waals surface area contributed by atoms with Crippen LogP contribution in [0.5, 0.6) is 0 Å². The van der Waals surface area contributed by atoms with Crippen LogP contribution in [0.15, 0.2) is 29.3 Å². The van der Waals surface area contributed by atoms with E-state index in [0.29, 0.717) is 25.7 Å². The van der Waals surface area contributed by atoms with Crippen LogP contribution in [0.25, 0.3) is 10.2 Å². The number of nitrogens with two attached hydrogens (primary N) is 1. The number of benzene rings is 1. The number of aromatic nitrogens is 1. The second-order valence-corrected chi connectivity index (χ2v) is 4.81. The van der Waals surface area contributed by atoms with E-state index in [1.165, 1.54) is 4.70 Å². The Morgan fingerprint density at radius 1 is 1.47 bits per heavy atom. The molecule has 2 rings (SSSR count). The summed E-state index contributed by atoms with van der Waals surface area (Å²) in [6, 6.07) is 8.05. The third-order valence-corrected chi connectivity index (χ3v) is 3.36. The van der Waals surface area contributed by atoms with E-state index in [1.54, 1.807) is 18.4 Å². The molecule has 0 aliphatic carbocycles. The van der Waals surface area contributed by atoms with Gasteiger partial charge in [-0.05, 0) is 12.1 Å². The van der Waals surface area contributed by atoms with Crippen LogP contribution in [0, 0.1) is 0 Å². The van der Waals surface area contributed by atoms with Crippen molar-refractivity contribution in [3.8, 4) is 0 Å². The SMILES string of the molecule is Br.COCCNC(N)=NCc1nc2ccccc2s1. The minimum Gasteiger partial charge on any atom is -0.383 e. The van der Waals surface area contributed by atoms with Crippen LogP contribution in [0.3, 0.4) is 0 Å². The molecule has 19 heavy (non-hydrogen) atoms. The molecule has 3 N–H and O–H groups in total. The second-order valence-electron chi connectivity index (χ2n) is 3.70. The molecule has 0 spiro atoms. The molecule has 0 aliphatic heterocycles. The minimum absolute atomic E-state index is 0. The Kier molecular flexibility index (Phi) is 6.75. The minimum atomic E-state index is 0. The fraction of sp³-hybridized carbons (Fsp3) is 0.333. The standard InChI is InChI=1S/C12H16N4OS.BrH/c1-17-7-6-14-12(13)15-8-11-16-9-4-2-3-5-10(9)18-11;/h2-5H,6-8H2,1H3,(H3,13,14,15);1H. The van der Waals surface area contributed by atoms with Gasteiger partial charge in [-0.25, -0.2) is 9.98 Å². The molecule has 2 aromatic rings. The van der Waals surface area contributed by atoms with Gasteiger partial charge in [-0.1, -0.05) is 12.1 Å². The first kappa shape index (κ1) is 15.9. The topological polar surface area (TPSA) is 72.5 Å². The zero-order valence-electron chi connectivity index (χ0n) is 10.6. The molecule has 0 saturated heterocycles. The molecule has 7 heteroatoms. The summed E-state index contributed by atoms with van der Waals surface area (Å²) in [5.74, 6) is 0.423. The molecule has 0 unspecified atom stereocenters. The van der Waals surface area contributed by atoms with Crippen molar-refractivity contribution in [1.82, 2.24) is 10.3 Å². The molecule has 0 saturated carbocycles. The van der Waals surface area contributed by atoms with Gasteiger partial charge < -0.3 is 15.8 Å². The molecule has 0 radical (unpaired) electrons. The number of aliphatic imine (C=N–C) groups is 1. The van der Waals surface area contributed by atoms with Gasteiger partial charge in [0.2, 0.25) is 0 Å². The van der Waals surface area contributed by atoms with Crippen molar-refractivity contribution in [3.63, 3.8) is 0 Å². The maximum absolute atomic E-state index is 5.72. The van der Waals surface area contributed by atoms with E-state index in [9.17, 15) is 0 Å². The van der Waals surface area contributed by atoms with Gasteiger partial charge in [0.1, 0.15) is 5.01 Å². The van der Waals surface area contributed by atoms with Crippen molar-refractivity contribution in [2.75, 3.05) is 20.3 Å². The van der Waals surface area contributed by atoms with Gasteiger partial charge in [0.25, 0.3) is 0 Å². The predicted octanol–water partition coefficient (Wildman–Crippen LogP) is 1.92. The van der Waals surface area contributed by atoms with Crippen LogP contribution in [0.2, 0.25) is 0 Å². The zero-order valence-corrected chi connectivity index (χ0v) is 13.2. The lowest BCUT2D eigenvalue weighted by Crippen LogP contribution is -2.34. The monoisotopic (exact) mass is 344 g/mol. The number of ether oxygens (including phenoxy) is 1. The number of fused-ring (bicyclic) bond motifs is 1. The third-order valence-electron chi connectivity index (χ3n) is 2.34. The number of hydrogen-bond donors (Lipinski definition) is 2. The lowest BCUT2D eigenvalue weighted by molar-refractivity contribution is 0.204. The van der Waals surface area contributed by atoms with Crippen molar-refractivity contribution in [1.29, 1.82) is 0 Å². The van der Waals surface area contributed by atoms with Crippen LogP contribution in [-0.2, 0) is 11.3 Å². The van der Waals surface area contributed by atoms with Gasteiger partial charge in [-0.2, -0.15) is 0 Å². The summed E-state index contributed by atoms with van der Waals surface area (Å²) in [4.78, 5) is 8.72. The molecule has 5 nitrogen and oxygen atoms in total. The first-order valence-corrected chi connectivity index (χ1v) is 6.48. The van der Waals surface area contributed by atoms with E-state index in [4.69, 9.17) is 10.5 Å². The third kappa shape index (κ3) is 4.77. The van der Waals surface area contributed by atoms with E-state index in [-0.39, 0.29) is 17.0 Å². The smallest absolute Gasteiger partial charge is 0.189 e. The number of nitrogens with one attached hydrogen (secondary N) is 1. The number of para-hydroxylation sites is 1. The van der Waals surface area contributed by atoms with E-state index in [1.807, 2.05) is 18.2 Å². The summed E-state index contributed by atoms with van der Waals surface area (Å²) in [6.45, 7) is 1.77. The van der Waals surface area contributed by atoms with E-state index in [2.05, 4.69) is 21.4 Å². The van der Waals surface area contributed by atoms with E-state index < -0.39 is 0 Å². The average Bonchev–Trinajstić information content (AvgIpc) is 2.79. The van der Waals surface area contributed by atoms with Crippen molar-refractivity contribution < 1.29 is 4.74 Å². The molecule has 0 atom stereocenters. The Labute approximate surface area is 126 Å². The number of guanidine groups is 1. The van der Waals surface area contributed by atoms with Gasteiger partial charge in [-0.3, -0.25) is 0 Å². The first-order chi connectivity index (χ1) is 8.79. The van der Waals surface area contributed by atoms with Crippen LogP contribution in [0.4, 0.5) is 0 Å². The fourth-order valence-corrected chi connectivity index (χ4v) is 2.37. The van der Waals surface area contributed by atoms with Gasteiger partial charge in [0.05, 0.1) is 23.4 Å². The highest BCUT2D eigenvalue weighted by molar-refractivity contribution is 8.93. The zero-order chi connectivity index (χ0) is 12.8. The van der Waals surface area contributed by atoms with Crippen molar-refractivity contribution >= 4 is 44.5 Å². The molecule has 0 aliphatic rings. The highest BCUT2D eigenvalue weighted by atomic mass is 79.9.